The predicted molar refractivity (Wildman–Crippen MR) is 39.7 cm³/mol. The second kappa shape index (κ2) is 3.01. The number of hydrogen-bond donors (Lipinski definition) is 1. The topological polar surface area (TPSA) is 32.3 Å². The summed E-state index contributed by atoms with van der Waals surface area (Å²) in [6.07, 6.45) is 1.06. The van der Waals surface area contributed by atoms with Gasteiger partial charge >= 0.3 is 0 Å². The van der Waals surface area contributed by atoms with E-state index in [0.29, 0.717) is 12.6 Å². The molecule has 0 aliphatic carbocycles. The van der Waals surface area contributed by atoms with Gasteiger partial charge in [-0.1, -0.05) is 0 Å². The van der Waals surface area contributed by atoms with Crippen LogP contribution in [0.1, 0.15) is 13.3 Å². The smallest absolute Gasteiger partial charge is 0.234 e. The Labute approximate surface area is 61.4 Å². The first-order chi connectivity index (χ1) is 4.70. The molecule has 58 valence electrons. The van der Waals surface area contributed by atoms with E-state index in [1.54, 1.807) is 0 Å². The molecule has 3 nitrogen and oxygen atoms in total. The highest BCUT2D eigenvalue weighted by atomic mass is 16.2. The highest BCUT2D eigenvalue weighted by molar-refractivity contribution is 5.78. The third-order valence-electron chi connectivity index (χ3n) is 2.03. The van der Waals surface area contributed by atoms with Crippen molar-refractivity contribution in [3.05, 3.63) is 0 Å². The highest BCUT2D eigenvalue weighted by Crippen LogP contribution is 2.01. The lowest BCUT2D eigenvalue weighted by molar-refractivity contribution is -0.121. The van der Waals surface area contributed by atoms with Gasteiger partial charge in [-0.25, -0.2) is 0 Å². The van der Waals surface area contributed by atoms with Crippen LogP contribution < -0.4 is 5.32 Å². The monoisotopic (exact) mass is 142 g/mol. The van der Waals surface area contributed by atoms with Gasteiger partial charge in [0.15, 0.2) is 0 Å². The summed E-state index contributed by atoms with van der Waals surface area (Å²) >= 11 is 0. The Morgan fingerprint density at radius 3 is 3.10 bits per heavy atom. The van der Waals surface area contributed by atoms with Crippen molar-refractivity contribution >= 4 is 5.91 Å². The summed E-state index contributed by atoms with van der Waals surface area (Å²) in [5.41, 5.74) is 0. The summed E-state index contributed by atoms with van der Waals surface area (Å²) in [5.74, 6) is 0.145. The molecule has 3 heteroatoms. The number of nitrogens with one attached hydrogen (secondary N) is 1. The lowest BCUT2D eigenvalue weighted by Gasteiger charge is -2.19. The van der Waals surface area contributed by atoms with Crippen molar-refractivity contribution in [3.63, 3.8) is 0 Å². The summed E-state index contributed by atoms with van der Waals surface area (Å²) in [7, 11) is 1.98. The average molecular weight is 142 g/mol. The first kappa shape index (κ1) is 7.54. The first-order valence-corrected chi connectivity index (χ1v) is 3.67. The molecule has 1 aliphatic heterocycles. The van der Waals surface area contributed by atoms with E-state index in [1.807, 2.05) is 7.05 Å². The number of carbonyl (C=O) groups excluding carboxylic acids is 1. The van der Waals surface area contributed by atoms with Gasteiger partial charge < -0.3 is 5.32 Å². The van der Waals surface area contributed by atoms with Gasteiger partial charge in [-0.05, 0) is 20.4 Å². The summed E-state index contributed by atoms with van der Waals surface area (Å²) in [5, 5.41) is 2.82. The quantitative estimate of drug-likeness (QED) is 0.509. The second-order valence-corrected chi connectivity index (χ2v) is 2.90. The third-order valence-corrected chi connectivity index (χ3v) is 2.03. The normalized spacial score (nSPS) is 29.4. The second-order valence-electron chi connectivity index (χ2n) is 2.90. The standard InChI is InChI=1S/C7H14N2O/c1-6-3-4-8-7(10)5-9(6)2/h6H,3-5H2,1-2H3,(H,8,10). The van der Waals surface area contributed by atoms with Gasteiger partial charge in [0.1, 0.15) is 0 Å². The Hall–Kier alpha value is -0.570. The van der Waals surface area contributed by atoms with Crippen molar-refractivity contribution in [1.29, 1.82) is 0 Å². The average Bonchev–Trinajstić information content (AvgIpc) is 1.96. The lowest BCUT2D eigenvalue weighted by Crippen LogP contribution is -2.33. The molecular formula is C7H14N2O. The highest BCUT2D eigenvalue weighted by Gasteiger charge is 2.16. The van der Waals surface area contributed by atoms with E-state index in [2.05, 4.69) is 17.1 Å². The molecule has 1 heterocycles. The number of nitrogens with zero attached hydrogens (tertiary/aromatic N) is 1. The van der Waals surface area contributed by atoms with Gasteiger partial charge in [0.2, 0.25) is 5.91 Å². The fraction of sp³-hybridized carbons (Fsp3) is 0.857. The van der Waals surface area contributed by atoms with Crippen molar-refractivity contribution < 1.29 is 4.79 Å². The number of hydrogen-bond acceptors (Lipinski definition) is 2. The van der Waals surface area contributed by atoms with E-state index in [-0.39, 0.29) is 5.91 Å². The van der Waals surface area contributed by atoms with E-state index >= 15 is 0 Å². The van der Waals surface area contributed by atoms with Crippen LogP contribution in [0.4, 0.5) is 0 Å². The van der Waals surface area contributed by atoms with E-state index in [0.717, 1.165) is 13.0 Å². The minimum atomic E-state index is 0.145. The van der Waals surface area contributed by atoms with Gasteiger partial charge in [0.25, 0.3) is 0 Å². The van der Waals surface area contributed by atoms with Crippen molar-refractivity contribution in [3.8, 4) is 0 Å². The molecule has 0 aromatic heterocycles. The molecule has 1 N–H and O–H groups in total. The summed E-state index contributed by atoms with van der Waals surface area (Å²) in [4.78, 5) is 13.0. The van der Waals surface area contributed by atoms with Crippen LogP contribution >= 0.6 is 0 Å². The van der Waals surface area contributed by atoms with Crippen LogP contribution in [-0.2, 0) is 4.79 Å². The summed E-state index contributed by atoms with van der Waals surface area (Å²) in [6.45, 7) is 3.51. The zero-order chi connectivity index (χ0) is 7.56. The number of carbonyl (C=O) groups is 1. The molecular weight excluding hydrogens is 128 g/mol. The molecule has 1 atom stereocenters. The molecule has 0 bridgehead atoms. The Balaban J connectivity index is 2.49. The fourth-order valence-electron chi connectivity index (χ4n) is 1.08. The zero-order valence-corrected chi connectivity index (χ0v) is 6.55. The first-order valence-electron chi connectivity index (χ1n) is 3.67. The van der Waals surface area contributed by atoms with Gasteiger partial charge in [-0.15, -0.1) is 0 Å². The van der Waals surface area contributed by atoms with Crippen LogP contribution in [0, 0.1) is 0 Å². The van der Waals surface area contributed by atoms with Crippen LogP contribution in [0.25, 0.3) is 0 Å². The van der Waals surface area contributed by atoms with Crippen molar-refractivity contribution in [2.45, 2.75) is 19.4 Å². The molecule has 1 rings (SSSR count). The van der Waals surface area contributed by atoms with Crippen LogP contribution in [0.15, 0.2) is 0 Å². The molecule has 0 radical (unpaired) electrons. The SMILES string of the molecule is CC1CCNC(=O)CN1C. The zero-order valence-electron chi connectivity index (χ0n) is 6.55. The molecule has 10 heavy (non-hydrogen) atoms. The Kier molecular flexibility index (Phi) is 2.27. The summed E-state index contributed by atoms with van der Waals surface area (Å²) < 4.78 is 0. The molecule has 0 spiro atoms. The molecule has 0 aromatic carbocycles. The van der Waals surface area contributed by atoms with Gasteiger partial charge in [-0.3, -0.25) is 9.69 Å². The summed E-state index contributed by atoms with van der Waals surface area (Å²) in [6, 6.07) is 0.527. The van der Waals surface area contributed by atoms with E-state index in [4.69, 9.17) is 0 Å². The van der Waals surface area contributed by atoms with Crippen molar-refractivity contribution in [2.75, 3.05) is 20.1 Å². The minimum absolute atomic E-state index is 0.145. The Morgan fingerprint density at radius 2 is 2.40 bits per heavy atom. The number of likely N-dealkylation sites (N-methyl/N-ethyl adjacent to an activating group) is 1. The van der Waals surface area contributed by atoms with Crippen LogP contribution in [0.5, 0.6) is 0 Å². The van der Waals surface area contributed by atoms with Gasteiger partial charge in [0, 0.05) is 12.6 Å². The molecule has 1 saturated heterocycles. The fourth-order valence-corrected chi connectivity index (χ4v) is 1.08. The largest absolute Gasteiger partial charge is 0.355 e. The molecule has 1 amide bonds. The number of rotatable bonds is 0. The molecule has 0 aromatic rings. The van der Waals surface area contributed by atoms with Crippen LogP contribution in [0.3, 0.4) is 0 Å². The van der Waals surface area contributed by atoms with Crippen molar-refractivity contribution in [2.24, 2.45) is 0 Å². The van der Waals surface area contributed by atoms with E-state index in [1.165, 1.54) is 0 Å². The van der Waals surface area contributed by atoms with E-state index < -0.39 is 0 Å². The maximum absolute atomic E-state index is 10.9. The van der Waals surface area contributed by atoms with Gasteiger partial charge in [-0.2, -0.15) is 0 Å². The molecule has 0 saturated carbocycles. The predicted octanol–water partition coefficient (Wildman–Crippen LogP) is -0.173. The molecule has 1 aliphatic rings. The lowest BCUT2D eigenvalue weighted by atomic mass is 10.2. The molecule has 1 fully saturated rings. The van der Waals surface area contributed by atoms with Crippen LogP contribution in [-0.4, -0.2) is 37.0 Å². The Bertz CT molecular complexity index is 136. The minimum Gasteiger partial charge on any atom is -0.355 e. The molecule has 1 unspecified atom stereocenters. The van der Waals surface area contributed by atoms with E-state index in [9.17, 15) is 4.79 Å². The van der Waals surface area contributed by atoms with Gasteiger partial charge in [0.05, 0.1) is 6.54 Å². The van der Waals surface area contributed by atoms with Crippen LogP contribution in [0.2, 0.25) is 0 Å². The maximum atomic E-state index is 10.9. The maximum Gasteiger partial charge on any atom is 0.234 e. The Morgan fingerprint density at radius 1 is 1.70 bits per heavy atom. The third kappa shape index (κ3) is 1.70. The number of amides is 1. The van der Waals surface area contributed by atoms with Crippen molar-refractivity contribution in [1.82, 2.24) is 10.2 Å².